The predicted molar refractivity (Wildman–Crippen MR) is 169 cm³/mol. The van der Waals surface area contributed by atoms with Crippen molar-refractivity contribution in [2.75, 3.05) is 19.7 Å². The SMILES string of the molecule is Cn1nc(-c2ccc3c(c2)nc(CN2CCC(c4cccc5c4OC(C)(c4ccc(Cl)cc4F)O5)CC2)n3CC2CCO2)oc1=O. The van der Waals surface area contributed by atoms with Gasteiger partial charge in [0, 0.05) is 36.7 Å². The number of likely N-dealkylation sites (tertiary alicyclic amines) is 1. The largest absolute Gasteiger partial charge is 0.444 e. The Balaban J connectivity index is 1.00. The quantitative estimate of drug-likeness (QED) is 0.213. The lowest BCUT2D eigenvalue weighted by Crippen LogP contribution is -2.35. The minimum absolute atomic E-state index is 0.171. The number of halogens is 2. The average molecular weight is 646 g/mol. The molecule has 0 aliphatic carbocycles. The van der Waals surface area contributed by atoms with Crippen LogP contribution in [0.1, 0.15) is 49.1 Å². The molecule has 0 saturated carbocycles. The molecule has 0 bridgehead atoms. The second-order valence-electron chi connectivity index (χ2n) is 12.4. The van der Waals surface area contributed by atoms with Gasteiger partial charge in [-0.05, 0) is 80.7 Å². The fourth-order valence-corrected chi connectivity index (χ4v) is 6.93. The molecule has 5 aromatic rings. The molecule has 0 radical (unpaired) electrons. The second kappa shape index (κ2) is 11.3. The topological polar surface area (TPSA) is 96.8 Å². The molecule has 2 saturated heterocycles. The number of fused-ring (bicyclic) bond motifs is 2. The molecule has 3 aliphatic rings. The van der Waals surface area contributed by atoms with Gasteiger partial charge in [-0.3, -0.25) is 4.90 Å². The van der Waals surface area contributed by atoms with Gasteiger partial charge in [-0.15, -0.1) is 5.10 Å². The Morgan fingerprint density at radius 2 is 1.89 bits per heavy atom. The number of benzene rings is 3. The molecule has 3 aromatic carbocycles. The van der Waals surface area contributed by atoms with Crippen LogP contribution in [0.4, 0.5) is 4.39 Å². The lowest BCUT2D eigenvalue weighted by molar-refractivity contribution is -0.0712. The predicted octanol–water partition coefficient (Wildman–Crippen LogP) is 6.00. The van der Waals surface area contributed by atoms with Crippen LogP contribution in [-0.2, 0) is 30.7 Å². The Morgan fingerprint density at radius 1 is 1.07 bits per heavy atom. The van der Waals surface area contributed by atoms with E-state index in [0.29, 0.717) is 34.2 Å². The van der Waals surface area contributed by atoms with E-state index in [-0.39, 0.29) is 17.9 Å². The van der Waals surface area contributed by atoms with Crippen molar-refractivity contribution in [3.05, 3.63) is 92.9 Å². The van der Waals surface area contributed by atoms with Gasteiger partial charge >= 0.3 is 5.76 Å². The summed E-state index contributed by atoms with van der Waals surface area (Å²) in [6, 6.07) is 16.3. The molecule has 5 heterocycles. The third kappa shape index (κ3) is 5.16. The first kappa shape index (κ1) is 29.2. The average Bonchev–Trinajstić information content (AvgIpc) is 3.66. The van der Waals surface area contributed by atoms with Crippen LogP contribution in [0.15, 0.2) is 63.8 Å². The summed E-state index contributed by atoms with van der Waals surface area (Å²) in [4.78, 5) is 19.3. The lowest BCUT2D eigenvalue weighted by Gasteiger charge is -2.33. The fourth-order valence-electron chi connectivity index (χ4n) is 6.77. The van der Waals surface area contributed by atoms with E-state index in [2.05, 4.69) is 20.6 Å². The summed E-state index contributed by atoms with van der Waals surface area (Å²) in [5.41, 5.74) is 3.93. The highest BCUT2D eigenvalue weighted by Gasteiger charge is 2.43. The van der Waals surface area contributed by atoms with Gasteiger partial charge in [0.25, 0.3) is 5.79 Å². The number of rotatable bonds is 7. The maximum atomic E-state index is 14.9. The van der Waals surface area contributed by atoms with Gasteiger partial charge in [0.2, 0.25) is 5.89 Å². The van der Waals surface area contributed by atoms with Crippen molar-refractivity contribution in [2.24, 2.45) is 7.05 Å². The zero-order valence-corrected chi connectivity index (χ0v) is 26.3. The number of piperidine rings is 1. The summed E-state index contributed by atoms with van der Waals surface area (Å²) in [6.07, 6.45) is 3.06. The van der Waals surface area contributed by atoms with Crippen molar-refractivity contribution in [2.45, 2.75) is 57.1 Å². The normalized spacial score (nSPS) is 21.6. The van der Waals surface area contributed by atoms with Crippen molar-refractivity contribution in [1.82, 2.24) is 24.2 Å². The molecule has 2 atom stereocenters. The monoisotopic (exact) mass is 645 g/mol. The van der Waals surface area contributed by atoms with Crippen LogP contribution in [0.2, 0.25) is 5.02 Å². The minimum atomic E-state index is -1.28. The highest BCUT2D eigenvalue weighted by molar-refractivity contribution is 6.30. The van der Waals surface area contributed by atoms with E-state index in [1.54, 1.807) is 26.1 Å². The molecule has 46 heavy (non-hydrogen) atoms. The molecule has 238 valence electrons. The minimum Gasteiger partial charge on any atom is -0.444 e. The molecule has 8 rings (SSSR count). The van der Waals surface area contributed by atoms with E-state index in [4.69, 9.17) is 35.2 Å². The highest BCUT2D eigenvalue weighted by Crippen LogP contribution is 2.50. The first-order valence-corrected chi connectivity index (χ1v) is 16.0. The maximum Gasteiger partial charge on any atom is 0.437 e. The van der Waals surface area contributed by atoms with Gasteiger partial charge in [-0.2, -0.15) is 4.68 Å². The van der Waals surface area contributed by atoms with Crippen LogP contribution in [0.3, 0.4) is 0 Å². The number of aryl methyl sites for hydroxylation is 1. The molecule has 2 aromatic heterocycles. The van der Waals surface area contributed by atoms with Gasteiger partial charge in [0.1, 0.15) is 11.6 Å². The number of aromatic nitrogens is 4. The van der Waals surface area contributed by atoms with Crippen molar-refractivity contribution in [3.63, 3.8) is 0 Å². The molecule has 3 aliphatic heterocycles. The summed E-state index contributed by atoms with van der Waals surface area (Å²) >= 11 is 5.99. The third-order valence-corrected chi connectivity index (χ3v) is 9.60. The van der Waals surface area contributed by atoms with Crippen LogP contribution < -0.4 is 15.2 Å². The molecule has 10 nitrogen and oxygen atoms in total. The van der Waals surface area contributed by atoms with Gasteiger partial charge in [-0.25, -0.2) is 14.2 Å². The first-order valence-electron chi connectivity index (χ1n) is 15.6. The van der Waals surface area contributed by atoms with Crippen LogP contribution in [0.25, 0.3) is 22.5 Å². The van der Waals surface area contributed by atoms with Crippen LogP contribution in [0, 0.1) is 5.82 Å². The Morgan fingerprint density at radius 3 is 2.61 bits per heavy atom. The fraction of sp³-hybridized carbons (Fsp3) is 0.382. The molecular formula is C34H33ClFN5O5. The van der Waals surface area contributed by atoms with Gasteiger partial charge < -0.3 is 23.2 Å². The highest BCUT2D eigenvalue weighted by atomic mass is 35.5. The molecule has 0 N–H and O–H groups in total. The Labute approximate surface area is 269 Å². The van der Waals surface area contributed by atoms with Crippen LogP contribution in [0.5, 0.6) is 11.5 Å². The first-order chi connectivity index (χ1) is 22.2. The van der Waals surface area contributed by atoms with E-state index >= 15 is 0 Å². The number of para-hydroxylation sites is 1. The van der Waals surface area contributed by atoms with Crippen LogP contribution >= 0.6 is 11.6 Å². The van der Waals surface area contributed by atoms with Gasteiger partial charge in [0.05, 0.1) is 35.8 Å². The molecule has 0 amide bonds. The van der Waals surface area contributed by atoms with E-state index < -0.39 is 17.4 Å². The molecule has 12 heteroatoms. The van der Waals surface area contributed by atoms with Gasteiger partial charge in [-0.1, -0.05) is 23.7 Å². The second-order valence-corrected chi connectivity index (χ2v) is 12.9. The summed E-state index contributed by atoms with van der Waals surface area (Å²) in [5.74, 6) is 0.566. The summed E-state index contributed by atoms with van der Waals surface area (Å²) in [7, 11) is 1.56. The standard InChI is InChI=1S/C34H33ClFN5O5/c1-34(25-8-7-22(35)17-26(25)36)45-29-5-3-4-24(31(29)46-34)20-10-13-40(14-11-20)19-30-37-27-16-21(32-38-39(2)33(42)44-32)6-9-28(27)41(30)18-23-12-15-43-23/h3-9,16-17,20,23H,10-15,18-19H2,1-2H3. The van der Waals surface area contributed by atoms with Crippen molar-refractivity contribution >= 4 is 22.6 Å². The molecule has 2 fully saturated rings. The molecule has 0 spiro atoms. The number of nitrogens with zero attached hydrogens (tertiary/aromatic N) is 5. The summed E-state index contributed by atoms with van der Waals surface area (Å²) in [5, 5.41) is 4.52. The van der Waals surface area contributed by atoms with E-state index in [1.165, 1.54) is 10.7 Å². The Kier molecular flexibility index (Phi) is 7.15. The lowest BCUT2D eigenvalue weighted by atomic mass is 9.88. The van der Waals surface area contributed by atoms with Crippen molar-refractivity contribution in [3.8, 4) is 23.0 Å². The third-order valence-electron chi connectivity index (χ3n) is 9.37. The Hall–Kier alpha value is -4.19. The van der Waals surface area contributed by atoms with E-state index in [9.17, 15) is 9.18 Å². The van der Waals surface area contributed by atoms with Gasteiger partial charge in [0.15, 0.2) is 11.5 Å². The summed E-state index contributed by atoms with van der Waals surface area (Å²) in [6.45, 7) is 5.72. The zero-order chi connectivity index (χ0) is 31.6. The van der Waals surface area contributed by atoms with E-state index in [0.717, 1.165) is 67.9 Å². The van der Waals surface area contributed by atoms with Crippen molar-refractivity contribution < 1.29 is 23.0 Å². The summed E-state index contributed by atoms with van der Waals surface area (Å²) < 4.78 is 42.0. The number of hydrogen-bond donors (Lipinski definition) is 0. The zero-order valence-electron chi connectivity index (χ0n) is 25.5. The number of hydrogen-bond acceptors (Lipinski definition) is 8. The van der Waals surface area contributed by atoms with E-state index in [1.807, 2.05) is 30.3 Å². The van der Waals surface area contributed by atoms with Crippen molar-refractivity contribution in [1.29, 1.82) is 0 Å². The smallest absolute Gasteiger partial charge is 0.437 e. The molecule has 2 unspecified atom stereocenters. The number of ether oxygens (including phenoxy) is 3. The molecular weight excluding hydrogens is 613 g/mol. The van der Waals surface area contributed by atoms with Crippen LogP contribution in [-0.4, -0.2) is 50.0 Å². The maximum absolute atomic E-state index is 14.9. The number of imidazole rings is 1. The Bertz CT molecular complexity index is 2010.